The van der Waals surface area contributed by atoms with Gasteiger partial charge in [0.1, 0.15) is 6.04 Å². The number of amides is 3. The van der Waals surface area contributed by atoms with E-state index in [1.165, 1.54) is 5.56 Å². The van der Waals surface area contributed by atoms with Crippen molar-refractivity contribution in [1.82, 2.24) is 19.6 Å². The molecule has 7 heteroatoms. The summed E-state index contributed by atoms with van der Waals surface area (Å²) in [6, 6.07) is 10.1. The Morgan fingerprint density at radius 1 is 0.914 bits per heavy atom. The van der Waals surface area contributed by atoms with E-state index in [9.17, 15) is 14.4 Å². The maximum atomic E-state index is 13.3. The molecule has 4 aliphatic rings. The molecule has 7 nitrogen and oxygen atoms in total. The van der Waals surface area contributed by atoms with Crippen LogP contribution in [0.15, 0.2) is 36.4 Å². The van der Waals surface area contributed by atoms with Gasteiger partial charge in [0.2, 0.25) is 17.7 Å². The summed E-state index contributed by atoms with van der Waals surface area (Å²) in [7, 11) is 0. The average Bonchev–Trinajstić information content (AvgIpc) is 3.33. The van der Waals surface area contributed by atoms with Crippen LogP contribution >= 0.6 is 0 Å². The predicted molar refractivity (Wildman–Crippen MR) is 135 cm³/mol. The van der Waals surface area contributed by atoms with Crippen molar-refractivity contribution >= 4 is 23.8 Å². The van der Waals surface area contributed by atoms with Crippen LogP contribution < -0.4 is 0 Å². The number of rotatable bonds is 5. The largest absolute Gasteiger partial charge is 0.341 e. The van der Waals surface area contributed by atoms with E-state index in [4.69, 9.17) is 0 Å². The second-order valence-electron chi connectivity index (χ2n) is 10.8. The molecular formula is C28H38N4O3. The minimum absolute atomic E-state index is 0.00510. The predicted octanol–water partition coefficient (Wildman–Crippen LogP) is 2.48. The third kappa shape index (κ3) is 5.15. The van der Waals surface area contributed by atoms with Crippen molar-refractivity contribution in [3.8, 4) is 0 Å². The molecule has 35 heavy (non-hydrogen) atoms. The number of hydrogen-bond donors (Lipinski definition) is 0. The highest BCUT2D eigenvalue weighted by Gasteiger charge is 2.59. The number of hydrogen-bond acceptors (Lipinski definition) is 4. The van der Waals surface area contributed by atoms with Crippen molar-refractivity contribution < 1.29 is 14.4 Å². The molecule has 0 N–H and O–H groups in total. The Balaban J connectivity index is 1.06. The first-order chi connectivity index (χ1) is 17.0. The van der Waals surface area contributed by atoms with Gasteiger partial charge in [-0.25, -0.2) is 0 Å². The normalized spacial score (nSPS) is 26.5. The average molecular weight is 479 g/mol. The molecule has 3 amide bonds. The Bertz CT molecular complexity index is 962. The van der Waals surface area contributed by atoms with E-state index in [0.717, 1.165) is 64.8 Å². The fraction of sp³-hybridized carbons (Fsp3) is 0.607. The summed E-state index contributed by atoms with van der Waals surface area (Å²) in [5, 5.41) is 0. The lowest BCUT2D eigenvalue weighted by Gasteiger charge is -2.37. The SMILES string of the molecule is CC(=O)N1CCC[C@H]1C(=O)N1CCC2(CC1)C[C@H]2C(=O)N1CCN(C/C=C/c2ccccc2)CC1. The molecule has 1 aromatic rings. The number of piperidine rings is 1. The quantitative estimate of drug-likeness (QED) is 0.652. The Kier molecular flexibility index (Phi) is 6.96. The van der Waals surface area contributed by atoms with E-state index in [-0.39, 0.29) is 29.2 Å². The number of likely N-dealkylation sites (tertiary alicyclic amines) is 2. The van der Waals surface area contributed by atoms with Gasteiger partial charge in [-0.2, -0.15) is 0 Å². The summed E-state index contributed by atoms with van der Waals surface area (Å²) >= 11 is 0. The van der Waals surface area contributed by atoms with Gasteiger partial charge >= 0.3 is 0 Å². The zero-order valence-corrected chi connectivity index (χ0v) is 20.9. The molecule has 3 aliphatic heterocycles. The second kappa shape index (κ2) is 10.1. The van der Waals surface area contributed by atoms with Crippen LogP contribution in [0, 0.1) is 11.3 Å². The third-order valence-corrected chi connectivity index (χ3v) is 8.66. The maximum Gasteiger partial charge on any atom is 0.245 e. The minimum atomic E-state index is -0.281. The lowest BCUT2D eigenvalue weighted by molar-refractivity contribution is -0.144. The molecule has 0 aromatic heterocycles. The molecule has 4 fully saturated rings. The molecule has 2 atom stereocenters. The van der Waals surface area contributed by atoms with Gasteiger partial charge in [-0.05, 0) is 43.1 Å². The van der Waals surface area contributed by atoms with Crippen LogP contribution in [-0.4, -0.2) is 95.7 Å². The summed E-state index contributed by atoms with van der Waals surface area (Å²) in [6.45, 7) is 8.03. The molecule has 1 aromatic carbocycles. The van der Waals surface area contributed by atoms with Crippen LogP contribution in [0.25, 0.3) is 6.08 Å². The van der Waals surface area contributed by atoms with Crippen molar-refractivity contribution in [2.24, 2.45) is 11.3 Å². The number of nitrogens with zero attached hydrogens (tertiary/aromatic N) is 4. The summed E-state index contributed by atoms with van der Waals surface area (Å²) in [4.78, 5) is 46.3. The number of carbonyl (C=O) groups is 3. The Morgan fingerprint density at radius 3 is 2.29 bits per heavy atom. The fourth-order valence-corrected chi connectivity index (χ4v) is 6.31. The second-order valence-corrected chi connectivity index (χ2v) is 10.8. The number of carbonyl (C=O) groups excluding carboxylic acids is 3. The van der Waals surface area contributed by atoms with Gasteiger partial charge in [-0.1, -0.05) is 42.5 Å². The van der Waals surface area contributed by atoms with Crippen LogP contribution in [0.4, 0.5) is 0 Å². The van der Waals surface area contributed by atoms with Crippen molar-refractivity contribution in [2.75, 3.05) is 52.4 Å². The van der Waals surface area contributed by atoms with Gasteiger partial charge in [0.15, 0.2) is 0 Å². The van der Waals surface area contributed by atoms with Gasteiger partial charge in [0, 0.05) is 65.2 Å². The Morgan fingerprint density at radius 2 is 1.60 bits per heavy atom. The van der Waals surface area contributed by atoms with E-state index in [0.29, 0.717) is 25.5 Å². The zero-order valence-electron chi connectivity index (χ0n) is 20.9. The first kappa shape index (κ1) is 24.0. The standard InChI is InChI=1S/C28H38N4O3/c1-22(33)32-14-6-10-25(32)27(35)30-15-11-28(12-16-30)21-24(28)26(34)31-19-17-29(18-20-31)13-5-9-23-7-3-2-4-8-23/h2-5,7-9,24-25H,6,10-21H2,1H3/b9-5+/t24-,25-/m0/s1. The molecule has 3 heterocycles. The maximum absolute atomic E-state index is 13.3. The van der Waals surface area contributed by atoms with Gasteiger partial charge in [-0.3, -0.25) is 19.3 Å². The topological polar surface area (TPSA) is 64.2 Å². The highest BCUT2D eigenvalue weighted by Crippen LogP contribution is 2.60. The van der Waals surface area contributed by atoms with E-state index in [2.05, 4.69) is 34.1 Å². The van der Waals surface area contributed by atoms with Crippen LogP contribution in [0.1, 0.15) is 44.6 Å². The van der Waals surface area contributed by atoms with Gasteiger partial charge in [0.25, 0.3) is 0 Å². The van der Waals surface area contributed by atoms with E-state index in [1.54, 1.807) is 11.8 Å². The molecule has 1 aliphatic carbocycles. The van der Waals surface area contributed by atoms with Crippen molar-refractivity contribution in [1.29, 1.82) is 0 Å². The number of piperazine rings is 1. The molecule has 0 radical (unpaired) electrons. The molecule has 5 rings (SSSR count). The van der Waals surface area contributed by atoms with Crippen molar-refractivity contribution in [2.45, 2.75) is 45.1 Å². The monoisotopic (exact) mass is 478 g/mol. The van der Waals surface area contributed by atoms with Gasteiger partial charge < -0.3 is 14.7 Å². The summed E-state index contributed by atoms with van der Waals surface area (Å²) in [6.07, 6.45) is 8.83. The van der Waals surface area contributed by atoms with Crippen LogP contribution in [0.5, 0.6) is 0 Å². The van der Waals surface area contributed by atoms with Crippen LogP contribution in [0.3, 0.4) is 0 Å². The van der Waals surface area contributed by atoms with Gasteiger partial charge in [0.05, 0.1) is 0 Å². The lowest BCUT2D eigenvalue weighted by Crippen LogP contribution is -2.51. The molecule has 188 valence electrons. The third-order valence-electron chi connectivity index (χ3n) is 8.66. The molecule has 0 unspecified atom stereocenters. The molecule has 1 spiro atoms. The van der Waals surface area contributed by atoms with Gasteiger partial charge in [-0.15, -0.1) is 0 Å². The highest BCUT2D eigenvalue weighted by atomic mass is 16.2. The molecule has 0 bridgehead atoms. The minimum Gasteiger partial charge on any atom is -0.341 e. The smallest absolute Gasteiger partial charge is 0.245 e. The van der Waals surface area contributed by atoms with Crippen molar-refractivity contribution in [3.63, 3.8) is 0 Å². The molecular weight excluding hydrogens is 440 g/mol. The highest BCUT2D eigenvalue weighted by molar-refractivity contribution is 5.88. The van der Waals surface area contributed by atoms with E-state index >= 15 is 0 Å². The first-order valence-electron chi connectivity index (χ1n) is 13.3. The Hall–Kier alpha value is -2.67. The lowest BCUT2D eigenvalue weighted by atomic mass is 9.90. The first-order valence-corrected chi connectivity index (χ1v) is 13.3. The van der Waals surface area contributed by atoms with Crippen LogP contribution in [-0.2, 0) is 14.4 Å². The van der Waals surface area contributed by atoms with E-state index in [1.807, 2.05) is 23.1 Å². The zero-order chi connectivity index (χ0) is 24.4. The summed E-state index contributed by atoms with van der Waals surface area (Å²) < 4.78 is 0. The Labute approximate surface area is 208 Å². The summed E-state index contributed by atoms with van der Waals surface area (Å²) in [5.41, 5.74) is 1.31. The van der Waals surface area contributed by atoms with Crippen LogP contribution in [0.2, 0.25) is 0 Å². The number of benzene rings is 1. The molecule has 3 saturated heterocycles. The van der Waals surface area contributed by atoms with E-state index < -0.39 is 0 Å². The fourth-order valence-electron chi connectivity index (χ4n) is 6.31. The van der Waals surface area contributed by atoms with Crippen molar-refractivity contribution in [3.05, 3.63) is 42.0 Å². The molecule has 1 saturated carbocycles. The summed E-state index contributed by atoms with van der Waals surface area (Å²) in [5.74, 6) is 0.551.